The van der Waals surface area contributed by atoms with Gasteiger partial charge in [0, 0.05) is 11.4 Å². The van der Waals surface area contributed by atoms with Crippen LogP contribution in [-0.2, 0) is 0 Å². The van der Waals surface area contributed by atoms with Crippen molar-refractivity contribution in [3.63, 3.8) is 0 Å². The molecule has 7 rings (SSSR count). The van der Waals surface area contributed by atoms with Crippen LogP contribution in [0.1, 0.15) is 65.2 Å². The van der Waals surface area contributed by atoms with Gasteiger partial charge in [-0.1, -0.05) is 64.5 Å². The Morgan fingerprint density at radius 3 is 1.22 bits per heavy atom. The normalized spacial score (nSPS) is 11.3. The zero-order valence-electron chi connectivity index (χ0n) is 29.6. The lowest BCUT2D eigenvalue weighted by Crippen LogP contribution is -2.00. The van der Waals surface area contributed by atoms with Crippen molar-refractivity contribution >= 4 is 34.0 Å². The second-order valence-corrected chi connectivity index (χ2v) is 15.8. The SMILES string of the molecule is CCCCCCOc1ccc(-n2c(-c3cccs3)ccc2-c2ccc(-c3ccc(-c4cccs4)n3-c3ccc(OCCCCCC)cc3)s2)cc1. The Kier molecular flexibility index (Phi) is 11.9. The Hall–Kier alpha value is -4.30. The quantitative estimate of drug-likeness (QED) is 0.0823. The molecule has 0 N–H and O–H groups in total. The number of rotatable bonds is 18. The maximum Gasteiger partial charge on any atom is 0.119 e. The lowest BCUT2D eigenvalue weighted by Gasteiger charge is -2.14. The van der Waals surface area contributed by atoms with Gasteiger partial charge in [-0.2, -0.15) is 0 Å². The second-order valence-electron chi connectivity index (χ2n) is 12.8. The largest absolute Gasteiger partial charge is 0.494 e. The third kappa shape index (κ3) is 8.27. The fourth-order valence-electron chi connectivity index (χ4n) is 6.48. The van der Waals surface area contributed by atoms with Crippen LogP contribution in [0.25, 0.3) is 53.7 Å². The number of ether oxygens (including phenoxy) is 2. The molecule has 0 spiro atoms. The maximum atomic E-state index is 6.09. The molecule has 0 aliphatic rings. The third-order valence-electron chi connectivity index (χ3n) is 9.14. The van der Waals surface area contributed by atoms with Gasteiger partial charge in [0.2, 0.25) is 0 Å². The van der Waals surface area contributed by atoms with E-state index in [1.165, 1.54) is 80.8 Å². The van der Waals surface area contributed by atoms with E-state index in [1.807, 2.05) is 11.3 Å². The van der Waals surface area contributed by atoms with Crippen LogP contribution in [0, 0.1) is 0 Å². The summed E-state index contributed by atoms with van der Waals surface area (Å²) in [4.78, 5) is 4.94. The van der Waals surface area contributed by atoms with Crippen LogP contribution in [0.5, 0.6) is 11.5 Å². The van der Waals surface area contributed by atoms with Crippen LogP contribution < -0.4 is 9.47 Å². The van der Waals surface area contributed by atoms with E-state index in [-0.39, 0.29) is 0 Å². The van der Waals surface area contributed by atoms with Gasteiger partial charge < -0.3 is 18.6 Å². The molecule has 0 amide bonds. The molecule has 0 radical (unpaired) electrons. The summed E-state index contributed by atoms with van der Waals surface area (Å²) in [5.41, 5.74) is 7.00. The maximum absolute atomic E-state index is 6.09. The highest BCUT2D eigenvalue weighted by molar-refractivity contribution is 7.18. The highest BCUT2D eigenvalue weighted by Gasteiger charge is 2.20. The van der Waals surface area contributed by atoms with Gasteiger partial charge in [-0.25, -0.2) is 0 Å². The molecule has 0 saturated carbocycles. The molecule has 0 bridgehead atoms. The minimum atomic E-state index is 0.763. The zero-order valence-corrected chi connectivity index (χ0v) is 32.0. The van der Waals surface area contributed by atoms with Gasteiger partial charge in [0.15, 0.2) is 0 Å². The number of hydrogen-bond donors (Lipinski definition) is 0. The molecule has 5 aromatic heterocycles. The van der Waals surface area contributed by atoms with Crippen molar-refractivity contribution in [1.82, 2.24) is 9.13 Å². The van der Waals surface area contributed by atoms with Gasteiger partial charge in [0.25, 0.3) is 0 Å². The van der Waals surface area contributed by atoms with E-state index in [0.717, 1.165) is 48.9 Å². The van der Waals surface area contributed by atoms with Crippen molar-refractivity contribution < 1.29 is 9.47 Å². The summed E-state index contributed by atoms with van der Waals surface area (Å²) in [5, 5.41) is 4.30. The van der Waals surface area contributed by atoms with Crippen LogP contribution >= 0.6 is 34.0 Å². The number of unbranched alkanes of at least 4 members (excludes halogenated alkanes) is 6. The number of aromatic nitrogens is 2. The highest BCUT2D eigenvalue weighted by Crippen LogP contribution is 2.42. The average Bonchev–Trinajstić information content (AvgIpc) is 4.00. The predicted octanol–water partition coefficient (Wildman–Crippen LogP) is 14.0. The monoisotopic (exact) mass is 730 g/mol. The number of hydrogen-bond acceptors (Lipinski definition) is 5. The average molecular weight is 731 g/mol. The molecular formula is C44H46N2O2S3. The fourth-order valence-corrected chi connectivity index (χ4v) is 9.00. The lowest BCUT2D eigenvalue weighted by atomic mass is 10.2. The molecular weight excluding hydrogens is 685 g/mol. The van der Waals surface area contributed by atoms with Gasteiger partial charge in [-0.15, -0.1) is 34.0 Å². The van der Waals surface area contributed by atoms with Crippen molar-refractivity contribution in [2.45, 2.75) is 65.2 Å². The Balaban J connectivity index is 1.19. The molecule has 0 saturated heterocycles. The zero-order chi connectivity index (χ0) is 34.8. The van der Waals surface area contributed by atoms with Crippen molar-refractivity contribution in [3.05, 3.63) is 120 Å². The summed E-state index contributed by atoms with van der Waals surface area (Å²) in [6.07, 6.45) is 9.62. The minimum absolute atomic E-state index is 0.763. The van der Waals surface area contributed by atoms with E-state index in [2.05, 4.69) is 143 Å². The van der Waals surface area contributed by atoms with Crippen molar-refractivity contribution in [3.8, 4) is 65.2 Å². The van der Waals surface area contributed by atoms with E-state index in [9.17, 15) is 0 Å². The summed E-state index contributed by atoms with van der Waals surface area (Å²) in [6.45, 7) is 6.00. The first-order chi connectivity index (χ1) is 25.2. The number of nitrogens with zero attached hydrogens (tertiary/aromatic N) is 2. The Morgan fingerprint density at radius 1 is 0.431 bits per heavy atom. The molecule has 262 valence electrons. The lowest BCUT2D eigenvalue weighted by molar-refractivity contribution is 0.305. The fraction of sp³-hybridized carbons (Fsp3) is 0.273. The molecule has 5 heterocycles. The van der Waals surface area contributed by atoms with Gasteiger partial charge >= 0.3 is 0 Å². The third-order valence-corrected chi connectivity index (χ3v) is 12.1. The number of thiophene rings is 3. The molecule has 51 heavy (non-hydrogen) atoms. The molecule has 0 fully saturated rings. The van der Waals surface area contributed by atoms with Gasteiger partial charge in [0.05, 0.1) is 55.5 Å². The summed E-state index contributed by atoms with van der Waals surface area (Å²) >= 11 is 5.38. The van der Waals surface area contributed by atoms with Gasteiger partial charge in [-0.05, 0) is 121 Å². The Bertz CT molecular complexity index is 1920. The van der Waals surface area contributed by atoms with E-state index in [0.29, 0.717) is 0 Å². The molecule has 0 unspecified atom stereocenters. The van der Waals surface area contributed by atoms with Crippen LogP contribution in [-0.4, -0.2) is 22.3 Å². The Morgan fingerprint density at radius 2 is 0.843 bits per heavy atom. The van der Waals surface area contributed by atoms with E-state index >= 15 is 0 Å². The summed E-state index contributed by atoms with van der Waals surface area (Å²) in [5.74, 6) is 1.85. The van der Waals surface area contributed by atoms with Crippen LogP contribution in [0.2, 0.25) is 0 Å². The second kappa shape index (κ2) is 17.3. The van der Waals surface area contributed by atoms with Gasteiger partial charge in [0.1, 0.15) is 11.5 Å². The number of benzene rings is 2. The van der Waals surface area contributed by atoms with Crippen LogP contribution in [0.15, 0.2) is 120 Å². The minimum Gasteiger partial charge on any atom is -0.494 e. The first-order valence-electron chi connectivity index (χ1n) is 18.3. The first kappa shape index (κ1) is 35.1. The smallest absolute Gasteiger partial charge is 0.119 e. The van der Waals surface area contributed by atoms with Crippen molar-refractivity contribution in [1.29, 1.82) is 0 Å². The topological polar surface area (TPSA) is 28.3 Å². The summed E-state index contributed by atoms with van der Waals surface area (Å²) < 4.78 is 17.0. The summed E-state index contributed by atoms with van der Waals surface area (Å²) in [7, 11) is 0. The van der Waals surface area contributed by atoms with Crippen molar-refractivity contribution in [2.75, 3.05) is 13.2 Å². The first-order valence-corrected chi connectivity index (χ1v) is 20.9. The van der Waals surface area contributed by atoms with E-state index in [4.69, 9.17) is 9.47 Å². The molecule has 0 aliphatic carbocycles. The summed E-state index contributed by atoms with van der Waals surface area (Å²) in [6, 6.07) is 39.4. The standard InChI is InChI=1S/C44H46N2O2S3/c1-3-5-7-9-29-47-35-19-15-33(16-20-35)45-37(41-13-11-31-49-41)23-25-39(45)43-27-28-44(51-43)40-26-24-38(42-14-12-32-50-42)46(40)34-17-21-36(22-18-34)48-30-10-8-6-4-2/h11-28,31-32H,3-10,29-30H2,1-2H3. The molecule has 4 nitrogen and oxygen atoms in total. The highest BCUT2D eigenvalue weighted by atomic mass is 32.1. The molecule has 7 aromatic rings. The Labute approximate surface area is 314 Å². The van der Waals surface area contributed by atoms with Crippen LogP contribution in [0.4, 0.5) is 0 Å². The van der Waals surface area contributed by atoms with Crippen molar-refractivity contribution in [2.24, 2.45) is 0 Å². The van der Waals surface area contributed by atoms with Gasteiger partial charge in [-0.3, -0.25) is 0 Å². The van der Waals surface area contributed by atoms with E-state index < -0.39 is 0 Å². The molecule has 7 heteroatoms. The molecule has 0 atom stereocenters. The molecule has 0 aliphatic heterocycles. The predicted molar refractivity (Wildman–Crippen MR) is 220 cm³/mol. The van der Waals surface area contributed by atoms with Crippen LogP contribution in [0.3, 0.4) is 0 Å². The van der Waals surface area contributed by atoms with E-state index in [1.54, 1.807) is 22.7 Å². The molecule has 2 aromatic carbocycles.